The van der Waals surface area contributed by atoms with Crippen molar-refractivity contribution in [1.82, 2.24) is 14.5 Å². The minimum atomic E-state index is -2.84. The highest BCUT2D eigenvalue weighted by Crippen LogP contribution is 2.34. The van der Waals surface area contributed by atoms with Crippen LogP contribution in [-0.2, 0) is 0 Å². The van der Waals surface area contributed by atoms with E-state index >= 15 is 0 Å². The largest absolute Gasteiger partial charge is 0.310 e. The molecule has 4 nitrogen and oxygen atoms in total. The number of fused-ring (bicyclic) bond motifs is 3. The Hall–Kier alpha value is -6.56. The van der Waals surface area contributed by atoms with Crippen LogP contribution in [-0.4, -0.2) is 22.6 Å². The van der Waals surface area contributed by atoms with Gasteiger partial charge in [-0.3, -0.25) is 9.97 Å². The van der Waals surface area contributed by atoms with Gasteiger partial charge < -0.3 is 9.47 Å². The average molecular weight is 671 g/mol. The molecule has 0 N–H and O–H groups in total. The van der Waals surface area contributed by atoms with Gasteiger partial charge in [-0.1, -0.05) is 121 Å². The Morgan fingerprint density at radius 2 is 0.824 bits per heavy atom. The first-order chi connectivity index (χ1) is 25.3. The standard InChI is InChI=1S/C46H34N4Si/c1-4-12-35(13-5-1)50-45-19-11-10-18-43(45)44-34-42(24-25-46(44)50)51(39-14-6-2-7-15-39,40-16-8-3-9-17-40)41-22-20-36(21-23-41)49(37-26-30-47-31-27-37)38-28-32-48-33-29-38/h1-34H. The summed E-state index contributed by atoms with van der Waals surface area (Å²) in [6.07, 6.45) is 7.36. The van der Waals surface area contributed by atoms with Crippen molar-refractivity contribution in [2.45, 2.75) is 0 Å². The van der Waals surface area contributed by atoms with E-state index in [0.29, 0.717) is 0 Å². The first kappa shape index (κ1) is 30.5. The zero-order valence-electron chi connectivity index (χ0n) is 27.9. The molecule has 9 aromatic rings. The molecule has 0 atom stereocenters. The Balaban J connectivity index is 1.30. The highest BCUT2D eigenvalue weighted by molar-refractivity contribution is 7.20. The predicted octanol–water partition coefficient (Wildman–Crippen LogP) is 8.42. The van der Waals surface area contributed by atoms with Crippen LogP contribution in [0.3, 0.4) is 0 Å². The summed E-state index contributed by atoms with van der Waals surface area (Å²) >= 11 is 0. The van der Waals surface area contributed by atoms with Gasteiger partial charge in [-0.2, -0.15) is 0 Å². The molecule has 0 aliphatic rings. The topological polar surface area (TPSA) is 34.0 Å². The van der Waals surface area contributed by atoms with Crippen molar-refractivity contribution in [2.24, 2.45) is 0 Å². The maximum absolute atomic E-state index is 4.29. The fraction of sp³-hybridized carbons (Fsp3) is 0. The number of aromatic nitrogens is 3. The van der Waals surface area contributed by atoms with Crippen LogP contribution >= 0.6 is 0 Å². The molecule has 0 bridgehead atoms. The summed E-state index contributed by atoms with van der Waals surface area (Å²) in [4.78, 5) is 10.8. The first-order valence-corrected chi connectivity index (χ1v) is 19.2. The van der Waals surface area contributed by atoms with E-state index in [2.05, 4.69) is 177 Å². The molecule has 0 radical (unpaired) electrons. The van der Waals surface area contributed by atoms with Crippen LogP contribution in [0.2, 0.25) is 0 Å². The number of hydrogen-bond acceptors (Lipinski definition) is 3. The summed E-state index contributed by atoms with van der Waals surface area (Å²) in [7, 11) is -2.84. The summed E-state index contributed by atoms with van der Waals surface area (Å²) in [6, 6.07) is 66.4. The molecular formula is C46H34N4Si. The van der Waals surface area contributed by atoms with Crippen molar-refractivity contribution < 1.29 is 0 Å². The Bertz CT molecular complexity index is 2480. The van der Waals surface area contributed by atoms with E-state index < -0.39 is 8.07 Å². The summed E-state index contributed by atoms with van der Waals surface area (Å²) in [5.41, 5.74) is 6.73. The molecule has 3 aromatic heterocycles. The van der Waals surface area contributed by atoms with Crippen LogP contribution < -0.4 is 25.6 Å². The highest BCUT2D eigenvalue weighted by atomic mass is 28.3. The van der Waals surface area contributed by atoms with E-state index in [9.17, 15) is 0 Å². The minimum absolute atomic E-state index is 1.04. The quantitative estimate of drug-likeness (QED) is 0.120. The molecule has 0 aliphatic carbocycles. The number of pyridine rings is 2. The summed E-state index contributed by atoms with van der Waals surface area (Å²) in [5.74, 6) is 0. The third kappa shape index (κ3) is 5.23. The van der Waals surface area contributed by atoms with Gasteiger partial charge in [0.15, 0.2) is 8.07 Å². The molecule has 0 amide bonds. The van der Waals surface area contributed by atoms with E-state index in [1.807, 2.05) is 49.1 Å². The van der Waals surface area contributed by atoms with Crippen LogP contribution in [0, 0.1) is 0 Å². The molecule has 5 heteroatoms. The Labute approximate surface area is 298 Å². The van der Waals surface area contributed by atoms with E-state index in [4.69, 9.17) is 0 Å². The molecule has 0 unspecified atom stereocenters. The predicted molar refractivity (Wildman–Crippen MR) is 215 cm³/mol. The maximum Gasteiger partial charge on any atom is 0.179 e. The third-order valence-corrected chi connectivity index (χ3v) is 14.7. The van der Waals surface area contributed by atoms with Gasteiger partial charge in [0.05, 0.1) is 11.0 Å². The van der Waals surface area contributed by atoms with Gasteiger partial charge in [-0.05, 0) is 81.4 Å². The summed E-state index contributed by atoms with van der Waals surface area (Å²) in [6.45, 7) is 0. The average Bonchev–Trinajstić information content (AvgIpc) is 3.55. The molecule has 6 aromatic carbocycles. The smallest absolute Gasteiger partial charge is 0.179 e. The van der Waals surface area contributed by atoms with Gasteiger partial charge in [0.25, 0.3) is 0 Å². The molecular weight excluding hydrogens is 637 g/mol. The third-order valence-electron chi connectivity index (χ3n) is 9.93. The van der Waals surface area contributed by atoms with Crippen molar-refractivity contribution in [3.63, 3.8) is 0 Å². The van der Waals surface area contributed by atoms with Crippen LogP contribution in [0.4, 0.5) is 17.1 Å². The lowest BCUT2D eigenvalue weighted by atomic mass is 10.1. The number of hydrogen-bond donors (Lipinski definition) is 0. The molecule has 0 saturated carbocycles. The number of benzene rings is 6. The van der Waals surface area contributed by atoms with Gasteiger partial charge in [0.1, 0.15) is 0 Å². The molecule has 0 spiro atoms. The first-order valence-electron chi connectivity index (χ1n) is 17.2. The van der Waals surface area contributed by atoms with Crippen molar-refractivity contribution in [3.05, 3.63) is 207 Å². The van der Waals surface area contributed by atoms with Crippen molar-refractivity contribution >= 4 is 67.7 Å². The summed E-state index contributed by atoms with van der Waals surface area (Å²) in [5, 5.41) is 7.86. The number of para-hydroxylation sites is 2. The molecule has 0 aliphatic heterocycles. The lowest BCUT2D eigenvalue weighted by molar-refractivity contribution is 1.18. The molecule has 51 heavy (non-hydrogen) atoms. The molecule has 242 valence electrons. The van der Waals surface area contributed by atoms with E-state index in [1.165, 1.54) is 42.6 Å². The zero-order chi connectivity index (χ0) is 34.0. The highest BCUT2D eigenvalue weighted by Gasteiger charge is 2.41. The van der Waals surface area contributed by atoms with E-state index in [0.717, 1.165) is 22.7 Å². The molecule has 9 rings (SSSR count). The summed E-state index contributed by atoms with van der Waals surface area (Å²) < 4.78 is 2.39. The Morgan fingerprint density at radius 1 is 0.373 bits per heavy atom. The van der Waals surface area contributed by atoms with Gasteiger partial charge in [-0.15, -0.1) is 0 Å². The van der Waals surface area contributed by atoms with Gasteiger partial charge in [-0.25, -0.2) is 0 Å². The SMILES string of the molecule is c1ccc(-n2c3ccccc3c3cc([Si](c4ccccc4)(c4ccccc4)c4ccc(N(c5ccncc5)c5ccncc5)cc4)ccc32)cc1. The van der Waals surface area contributed by atoms with Gasteiger partial charge >= 0.3 is 0 Å². The lowest BCUT2D eigenvalue weighted by Gasteiger charge is -2.35. The maximum atomic E-state index is 4.29. The Kier molecular flexibility index (Phi) is 7.80. The number of nitrogens with zero attached hydrogens (tertiary/aromatic N) is 4. The molecule has 3 heterocycles. The van der Waals surface area contributed by atoms with Crippen LogP contribution in [0.15, 0.2) is 207 Å². The molecule has 0 fully saturated rings. The van der Waals surface area contributed by atoms with Crippen LogP contribution in [0.25, 0.3) is 27.5 Å². The van der Waals surface area contributed by atoms with Crippen molar-refractivity contribution in [1.29, 1.82) is 0 Å². The second-order valence-corrected chi connectivity index (χ2v) is 16.5. The van der Waals surface area contributed by atoms with E-state index in [-0.39, 0.29) is 0 Å². The van der Waals surface area contributed by atoms with Crippen molar-refractivity contribution in [3.8, 4) is 5.69 Å². The van der Waals surface area contributed by atoms with Crippen LogP contribution in [0.5, 0.6) is 0 Å². The Morgan fingerprint density at radius 3 is 1.41 bits per heavy atom. The fourth-order valence-corrected chi connectivity index (χ4v) is 12.5. The minimum Gasteiger partial charge on any atom is -0.310 e. The fourth-order valence-electron chi connectivity index (χ4n) is 7.73. The number of rotatable bonds is 8. The lowest BCUT2D eigenvalue weighted by Crippen LogP contribution is -2.74. The second-order valence-electron chi connectivity index (χ2n) is 12.7. The zero-order valence-corrected chi connectivity index (χ0v) is 28.9. The van der Waals surface area contributed by atoms with Crippen molar-refractivity contribution in [2.75, 3.05) is 4.90 Å². The molecule has 0 saturated heterocycles. The van der Waals surface area contributed by atoms with Gasteiger partial charge in [0.2, 0.25) is 0 Å². The monoisotopic (exact) mass is 670 g/mol. The van der Waals surface area contributed by atoms with E-state index in [1.54, 1.807) is 0 Å². The number of anilines is 3. The van der Waals surface area contributed by atoms with Crippen LogP contribution in [0.1, 0.15) is 0 Å². The second kappa shape index (κ2) is 13.0. The normalized spacial score (nSPS) is 11.5. The van der Waals surface area contributed by atoms with Gasteiger partial charge in [0, 0.05) is 58.3 Å².